The maximum Gasteiger partial charge on any atom is 0.252 e. The number of carbonyl (C=O) groups is 1. The van der Waals surface area contributed by atoms with Gasteiger partial charge in [0, 0.05) is 6.08 Å². The van der Waals surface area contributed by atoms with Gasteiger partial charge >= 0.3 is 0 Å². The third kappa shape index (κ3) is 4.95. The largest absolute Gasteiger partial charge is 0.370 e. The van der Waals surface area contributed by atoms with Gasteiger partial charge in [0.2, 0.25) is 0 Å². The monoisotopic (exact) mass is 422 g/mol. The van der Waals surface area contributed by atoms with E-state index in [0.717, 1.165) is 53.8 Å². The molecule has 5 nitrogen and oxygen atoms in total. The van der Waals surface area contributed by atoms with Gasteiger partial charge in [-0.2, -0.15) is 0 Å². The Morgan fingerprint density at radius 2 is 1.97 bits per heavy atom. The zero-order chi connectivity index (χ0) is 20.9. The van der Waals surface area contributed by atoms with Gasteiger partial charge in [0.05, 0.1) is 36.5 Å². The predicted molar refractivity (Wildman–Crippen MR) is 123 cm³/mol. The molecule has 0 atom stereocenters. The standard InChI is InChI=1S/C24H27N3O2S/c1-18-16-19(2)23-21(17-18)25-24(30-23)27(11-10-26-12-14-29-15-13-26)22(28)9-8-20-6-4-3-5-7-20/h3-9,16-17H,10-15H2,1-2H3/p+1/b9-8+. The second kappa shape index (κ2) is 9.51. The Kier molecular flexibility index (Phi) is 6.57. The number of benzene rings is 2. The van der Waals surface area contributed by atoms with E-state index >= 15 is 0 Å². The molecule has 1 aliphatic heterocycles. The first-order valence-corrected chi connectivity index (χ1v) is 11.3. The summed E-state index contributed by atoms with van der Waals surface area (Å²) < 4.78 is 6.62. The van der Waals surface area contributed by atoms with Gasteiger partial charge in [-0.3, -0.25) is 9.69 Å². The summed E-state index contributed by atoms with van der Waals surface area (Å²) in [6.07, 6.45) is 3.54. The van der Waals surface area contributed by atoms with Crippen LogP contribution in [-0.4, -0.2) is 50.3 Å². The summed E-state index contributed by atoms with van der Waals surface area (Å²) in [5, 5.41) is 0.772. The Hall–Kier alpha value is -2.54. The van der Waals surface area contributed by atoms with E-state index in [1.165, 1.54) is 16.0 Å². The van der Waals surface area contributed by atoms with Gasteiger partial charge in [-0.25, -0.2) is 4.98 Å². The number of rotatable bonds is 6. The highest BCUT2D eigenvalue weighted by atomic mass is 32.1. The first kappa shape index (κ1) is 20.7. The van der Waals surface area contributed by atoms with E-state index in [4.69, 9.17) is 9.72 Å². The molecule has 1 amide bonds. The van der Waals surface area contributed by atoms with Crippen LogP contribution >= 0.6 is 11.3 Å². The zero-order valence-corrected chi connectivity index (χ0v) is 18.4. The molecule has 0 radical (unpaired) electrons. The molecular formula is C24H28N3O2S+. The molecule has 1 N–H and O–H groups in total. The highest BCUT2D eigenvalue weighted by molar-refractivity contribution is 7.22. The lowest BCUT2D eigenvalue weighted by Crippen LogP contribution is -3.14. The van der Waals surface area contributed by atoms with Crippen molar-refractivity contribution in [2.45, 2.75) is 13.8 Å². The van der Waals surface area contributed by atoms with Crippen LogP contribution in [0.2, 0.25) is 0 Å². The zero-order valence-electron chi connectivity index (χ0n) is 17.6. The second-order valence-corrected chi connectivity index (χ2v) is 8.75. The van der Waals surface area contributed by atoms with Crippen LogP contribution in [0.3, 0.4) is 0 Å². The van der Waals surface area contributed by atoms with E-state index in [0.29, 0.717) is 6.54 Å². The summed E-state index contributed by atoms with van der Waals surface area (Å²) in [5.74, 6) is -0.0278. The van der Waals surface area contributed by atoms with Crippen molar-refractivity contribution >= 4 is 38.7 Å². The third-order valence-corrected chi connectivity index (χ3v) is 6.64. The number of amides is 1. The molecule has 1 saturated heterocycles. The fourth-order valence-electron chi connectivity index (χ4n) is 3.78. The van der Waals surface area contributed by atoms with E-state index < -0.39 is 0 Å². The SMILES string of the molecule is Cc1cc(C)c2sc(N(CC[NH+]3CCOCC3)C(=O)/C=C/c3ccccc3)nc2c1. The Balaban J connectivity index is 1.60. The molecule has 0 bridgehead atoms. The maximum absolute atomic E-state index is 13.2. The van der Waals surface area contributed by atoms with E-state index in [1.54, 1.807) is 17.4 Å². The van der Waals surface area contributed by atoms with Gasteiger partial charge in [-0.05, 0) is 42.7 Å². The average molecular weight is 423 g/mol. The van der Waals surface area contributed by atoms with Crippen LogP contribution in [0.4, 0.5) is 5.13 Å². The maximum atomic E-state index is 13.2. The van der Waals surface area contributed by atoms with Crippen LogP contribution in [0.5, 0.6) is 0 Å². The number of fused-ring (bicyclic) bond motifs is 1. The molecule has 3 aromatic rings. The molecule has 1 aromatic heterocycles. The lowest BCUT2D eigenvalue weighted by molar-refractivity contribution is -0.906. The highest BCUT2D eigenvalue weighted by Crippen LogP contribution is 2.32. The van der Waals surface area contributed by atoms with Crippen molar-refractivity contribution in [3.8, 4) is 0 Å². The Morgan fingerprint density at radius 1 is 1.20 bits per heavy atom. The van der Waals surface area contributed by atoms with Crippen LogP contribution in [0, 0.1) is 13.8 Å². The van der Waals surface area contributed by atoms with Gasteiger partial charge in [0.25, 0.3) is 5.91 Å². The number of carbonyl (C=O) groups excluding carboxylic acids is 1. The van der Waals surface area contributed by atoms with Crippen molar-refractivity contribution in [3.05, 3.63) is 65.2 Å². The minimum Gasteiger partial charge on any atom is -0.370 e. The molecule has 0 aliphatic carbocycles. The molecule has 1 fully saturated rings. The lowest BCUT2D eigenvalue weighted by Gasteiger charge is -2.26. The van der Waals surface area contributed by atoms with E-state index in [-0.39, 0.29) is 5.91 Å². The smallest absolute Gasteiger partial charge is 0.252 e. The minimum absolute atomic E-state index is 0.0278. The Morgan fingerprint density at radius 3 is 2.73 bits per heavy atom. The summed E-state index contributed by atoms with van der Waals surface area (Å²) in [4.78, 5) is 21.3. The van der Waals surface area contributed by atoms with Crippen molar-refractivity contribution in [2.24, 2.45) is 0 Å². The third-order valence-electron chi connectivity index (χ3n) is 5.41. The number of ether oxygens (including phenoxy) is 1. The van der Waals surface area contributed by atoms with Crippen LogP contribution in [0.25, 0.3) is 16.3 Å². The first-order chi connectivity index (χ1) is 14.6. The number of morpholine rings is 1. The van der Waals surface area contributed by atoms with E-state index in [9.17, 15) is 4.79 Å². The first-order valence-electron chi connectivity index (χ1n) is 10.4. The fraction of sp³-hybridized carbons (Fsp3) is 0.333. The van der Waals surface area contributed by atoms with Gasteiger partial charge in [0.1, 0.15) is 13.1 Å². The van der Waals surface area contributed by atoms with Gasteiger partial charge in [0.15, 0.2) is 5.13 Å². The predicted octanol–water partition coefficient (Wildman–Crippen LogP) is 2.87. The molecule has 1 aliphatic rings. The molecule has 2 aromatic carbocycles. The fourth-order valence-corrected chi connectivity index (χ4v) is 4.83. The molecule has 6 heteroatoms. The summed E-state index contributed by atoms with van der Waals surface area (Å²) in [6, 6.07) is 14.2. The summed E-state index contributed by atoms with van der Waals surface area (Å²) in [5.41, 5.74) is 4.38. The molecule has 4 rings (SSSR count). The lowest BCUT2D eigenvalue weighted by atomic mass is 10.1. The van der Waals surface area contributed by atoms with Gasteiger partial charge in [-0.15, -0.1) is 0 Å². The van der Waals surface area contributed by atoms with Crippen molar-refractivity contribution < 1.29 is 14.4 Å². The van der Waals surface area contributed by atoms with Crippen LogP contribution in [0.15, 0.2) is 48.5 Å². The van der Waals surface area contributed by atoms with Crippen molar-refractivity contribution in [1.29, 1.82) is 0 Å². The highest BCUT2D eigenvalue weighted by Gasteiger charge is 2.22. The molecule has 0 unspecified atom stereocenters. The summed E-state index contributed by atoms with van der Waals surface area (Å²) in [6.45, 7) is 9.27. The second-order valence-electron chi connectivity index (χ2n) is 7.77. The number of anilines is 1. The molecule has 156 valence electrons. The minimum atomic E-state index is -0.0278. The number of hydrogen-bond donors (Lipinski definition) is 1. The Bertz CT molecular complexity index is 1040. The van der Waals surface area contributed by atoms with Gasteiger partial charge < -0.3 is 9.64 Å². The summed E-state index contributed by atoms with van der Waals surface area (Å²) in [7, 11) is 0. The van der Waals surface area contributed by atoms with Crippen molar-refractivity contribution in [2.75, 3.05) is 44.3 Å². The van der Waals surface area contributed by atoms with Crippen LogP contribution in [0.1, 0.15) is 16.7 Å². The Labute approximate surface area is 181 Å². The molecular weight excluding hydrogens is 394 g/mol. The van der Waals surface area contributed by atoms with Crippen molar-refractivity contribution in [1.82, 2.24) is 4.98 Å². The average Bonchev–Trinajstić information content (AvgIpc) is 3.18. The topological polar surface area (TPSA) is 46.9 Å². The summed E-state index contributed by atoms with van der Waals surface area (Å²) >= 11 is 1.60. The number of hydrogen-bond acceptors (Lipinski definition) is 4. The number of nitrogens with zero attached hydrogens (tertiary/aromatic N) is 2. The quantitative estimate of drug-likeness (QED) is 0.622. The van der Waals surface area contributed by atoms with Crippen LogP contribution < -0.4 is 9.80 Å². The number of aromatic nitrogens is 1. The van der Waals surface area contributed by atoms with E-state index in [2.05, 4.69) is 26.0 Å². The number of quaternary nitrogens is 1. The number of aryl methyl sites for hydroxylation is 2. The number of thiazole rings is 1. The van der Waals surface area contributed by atoms with Crippen LogP contribution in [-0.2, 0) is 9.53 Å². The van der Waals surface area contributed by atoms with Crippen molar-refractivity contribution in [3.63, 3.8) is 0 Å². The molecule has 2 heterocycles. The normalized spacial score (nSPS) is 15.1. The molecule has 0 saturated carbocycles. The molecule has 0 spiro atoms. The van der Waals surface area contributed by atoms with E-state index in [1.807, 2.05) is 41.3 Å². The molecule has 30 heavy (non-hydrogen) atoms. The van der Waals surface area contributed by atoms with Gasteiger partial charge in [-0.1, -0.05) is 47.7 Å². The number of nitrogens with one attached hydrogen (secondary N) is 1.